The number of nitrogens with zero attached hydrogens (tertiary/aromatic N) is 3. The van der Waals surface area contributed by atoms with Gasteiger partial charge in [0.15, 0.2) is 11.0 Å². The molecule has 3 N–H and O–H groups in total. The molecule has 0 spiro atoms. The molecular weight excluding hydrogens is 331 g/mol. The number of aliphatic hydroxyl groups is 2. The summed E-state index contributed by atoms with van der Waals surface area (Å²) < 4.78 is 19.6. The smallest absolute Gasteiger partial charge is 0.347 e. The number of aromatic amines is 1. The number of fused-ring (bicyclic) bond motifs is 2. The Morgan fingerprint density at radius 2 is 2.30 bits per heavy atom. The van der Waals surface area contributed by atoms with Gasteiger partial charge in [0.1, 0.15) is 5.82 Å². The first-order valence-electron chi connectivity index (χ1n) is 6.98. The van der Waals surface area contributed by atoms with Crippen LogP contribution in [0.3, 0.4) is 0 Å². The van der Waals surface area contributed by atoms with Crippen molar-refractivity contribution in [2.75, 3.05) is 11.5 Å². The van der Waals surface area contributed by atoms with Gasteiger partial charge < -0.3 is 19.9 Å². The number of halogens is 2. The van der Waals surface area contributed by atoms with Gasteiger partial charge in [0.25, 0.3) is 0 Å². The van der Waals surface area contributed by atoms with Crippen molar-refractivity contribution < 1.29 is 19.3 Å². The van der Waals surface area contributed by atoms with Gasteiger partial charge in [-0.3, -0.25) is 4.90 Å². The second-order valence-corrected chi connectivity index (χ2v) is 5.98. The lowest BCUT2D eigenvalue weighted by molar-refractivity contribution is -0.168. The molecule has 0 aromatic carbocycles. The van der Waals surface area contributed by atoms with E-state index in [1.54, 1.807) is 0 Å². The quantitative estimate of drug-likeness (QED) is 0.498. The highest BCUT2D eigenvalue weighted by atomic mass is 35.5. The predicted molar refractivity (Wildman–Crippen MR) is 77.5 cm³/mol. The van der Waals surface area contributed by atoms with Crippen LogP contribution in [0, 0.1) is 5.82 Å². The summed E-state index contributed by atoms with van der Waals surface area (Å²) in [5.41, 5.74) is -1.01. The van der Waals surface area contributed by atoms with Crippen LogP contribution >= 0.6 is 11.6 Å². The second-order valence-electron chi connectivity index (χ2n) is 5.62. The standard InChI is InChI=1S/C13H12ClFN4O4/c14-10-8(15)9-5(4-16-10)11(18-12(20)17-9)19-6-3-7(6)23-2-1-13(19,21)22/h4,6-7,21-22H,1-3H2,(H,17,18,20). The van der Waals surface area contributed by atoms with Gasteiger partial charge in [-0.15, -0.1) is 0 Å². The van der Waals surface area contributed by atoms with E-state index < -0.39 is 22.6 Å². The van der Waals surface area contributed by atoms with Crippen LogP contribution in [0.25, 0.3) is 10.9 Å². The summed E-state index contributed by atoms with van der Waals surface area (Å²) in [5, 5.41) is 20.4. The first kappa shape index (κ1) is 14.8. The molecule has 2 aliphatic rings. The van der Waals surface area contributed by atoms with Crippen molar-refractivity contribution in [2.24, 2.45) is 0 Å². The predicted octanol–water partition coefficient (Wildman–Crippen LogP) is 0.117. The normalized spacial score (nSPS) is 26.0. The van der Waals surface area contributed by atoms with E-state index in [1.165, 1.54) is 11.1 Å². The monoisotopic (exact) mass is 342 g/mol. The van der Waals surface area contributed by atoms with E-state index in [2.05, 4.69) is 15.0 Å². The molecule has 0 bridgehead atoms. The van der Waals surface area contributed by atoms with E-state index >= 15 is 0 Å². The van der Waals surface area contributed by atoms with Crippen LogP contribution in [0.15, 0.2) is 11.0 Å². The number of nitrogens with one attached hydrogen (secondary N) is 1. The lowest BCUT2D eigenvalue weighted by Gasteiger charge is -2.35. The van der Waals surface area contributed by atoms with Crippen LogP contribution in [0.5, 0.6) is 0 Å². The third kappa shape index (κ3) is 2.27. The number of aromatic nitrogens is 3. The van der Waals surface area contributed by atoms with E-state index in [-0.39, 0.29) is 41.9 Å². The number of pyridine rings is 1. The molecule has 1 aliphatic heterocycles. The van der Waals surface area contributed by atoms with Crippen LogP contribution in [0.1, 0.15) is 12.8 Å². The average Bonchev–Trinajstić information content (AvgIpc) is 3.22. The molecular formula is C13H12ClFN4O4. The Balaban J connectivity index is 1.98. The van der Waals surface area contributed by atoms with Crippen LogP contribution < -0.4 is 10.6 Å². The van der Waals surface area contributed by atoms with E-state index in [0.717, 1.165) is 0 Å². The largest absolute Gasteiger partial charge is 0.376 e. The highest BCUT2D eigenvalue weighted by Gasteiger charge is 2.53. The molecule has 0 radical (unpaired) electrons. The molecule has 1 saturated heterocycles. The van der Waals surface area contributed by atoms with Crippen molar-refractivity contribution in [1.82, 2.24) is 15.0 Å². The van der Waals surface area contributed by atoms with Gasteiger partial charge >= 0.3 is 5.69 Å². The summed E-state index contributed by atoms with van der Waals surface area (Å²) in [6.07, 6.45) is 1.51. The highest BCUT2D eigenvalue weighted by Crippen LogP contribution is 2.42. The fourth-order valence-electron chi connectivity index (χ4n) is 2.90. The molecule has 2 aromatic rings. The molecule has 10 heteroatoms. The van der Waals surface area contributed by atoms with Crippen molar-refractivity contribution in [3.05, 3.63) is 27.7 Å². The Kier molecular flexibility index (Phi) is 3.11. The summed E-state index contributed by atoms with van der Waals surface area (Å²) in [6, 6.07) is -0.358. The lowest BCUT2D eigenvalue weighted by Crippen LogP contribution is -2.51. The van der Waals surface area contributed by atoms with Gasteiger partial charge in [-0.2, -0.15) is 4.98 Å². The summed E-state index contributed by atoms with van der Waals surface area (Å²) in [6.45, 7) is 0.157. The van der Waals surface area contributed by atoms with E-state index in [9.17, 15) is 19.4 Å². The van der Waals surface area contributed by atoms with Crippen molar-refractivity contribution in [2.45, 2.75) is 30.9 Å². The molecule has 0 amide bonds. The fourth-order valence-corrected chi connectivity index (χ4v) is 3.04. The minimum absolute atomic E-state index is 0.0604. The van der Waals surface area contributed by atoms with Gasteiger partial charge in [0.2, 0.25) is 5.91 Å². The van der Waals surface area contributed by atoms with E-state index in [1.807, 2.05) is 0 Å². The van der Waals surface area contributed by atoms with Gasteiger partial charge in [-0.1, -0.05) is 11.6 Å². The highest BCUT2D eigenvalue weighted by molar-refractivity contribution is 6.30. The van der Waals surface area contributed by atoms with Crippen LogP contribution in [0.2, 0.25) is 5.15 Å². The third-order valence-electron chi connectivity index (χ3n) is 4.07. The molecule has 1 aliphatic carbocycles. The van der Waals surface area contributed by atoms with E-state index in [0.29, 0.717) is 6.42 Å². The van der Waals surface area contributed by atoms with Crippen LogP contribution in [0.4, 0.5) is 10.2 Å². The minimum Gasteiger partial charge on any atom is -0.376 e. The van der Waals surface area contributed by atoms with Gasteiger partial charge in [-0.25, -0.2) is 14.2 Å². The number of anilines is 1. The zero-order valence-corrected chi connectivity index (χ0v) is 12.4. The number of ether oxygens (including phenoxy) is 1. The summed E-state index contributed by atoms with van der Waals surface area (Å²) >= 11 is 5.64. The van der Waals surface area contributed by atoms with Gasteiger partial charge in [-0.05, 0) is 6.42 Å². The fraction of sp³-hybridized carbons (Fsp3) is 0.462. The van der Waals surface area contributed by atoms with Crippen molar-refractivity contribution in [1.29, 1.82) is 0 Å². The number of hydrogen-bond acceptors (Lipinski definition) is 7. The molecule has 3 heterocycles. The molecule has 2 fully saturated rings. The molecule has 1 saturated carbocycles. The molecule has 4 rings (SSSR count). The topological polar surface area (TPSA) is 112 Å². The lowest BCUT2D eigenvalue weighted by atomic mass is 10.2. The number of hydrogen-bond donors (Lipinski definition) is 3. The first-order valence-corrected chi connectivity index (χ1v) is 7.36. The van der Waals surface area contributed by atoms with Crippen molar-refractivity contribution in [3.63, 3.8) is 0 Å². The maximum absolute atomic E-state index is 14.1. The minimum atomic E-state index is -2.26. The number of rotatable bonds is 1. The first-order chi connectivity index (χ1) is 10.9. The van der Waals surface area contributed by atoms with Crippen LogP contribution in [-0.4, -0.2) is 49.8 Å². The SMILES string of the molecule is O=c1nc(N2C3CC3OCCC2(O)O)c2cnc(Cl)c(F)c2[nH]1. The summed E-state index contributed by atoms with van der Waals surface area (Å²) in [5.74, 6) is -3.22. The van der Waals surface area contributed by atoms with Crippen LogP contribution in [-0.2, 0) is 4.74 Å². The Labute approximate surface area is 133 Å². The van der Waals surface area contributed by atoms with Crippen molar-refractivity contribution >= 4 is 28.3 Å². The number of H-pyrrole nitrogens is 1. The van der Waals surface area contributed by atoms with Gasteiger partial charge in [0, 0.05) is 12.6 Å². The molecule has 2 aromatic heterocycles. The molecule has 2 unspecified atom stereocenters. The second kappa shape index (κ2) is 4.84. The molecule has 122 valence electrons. The summed E-state index contributed by atoms with van der Waals surface area (Å²) in [7, 11) is 0. The van der Waals surface area contributed by atoms with Crippen molar-refractivity contribution in [3.8, 4) is 0 Å². The Morgan fingerprint density at radius 1 is 1.52 bits per heavy atom. The molecule has 2 atom stereocenters. The maximum atomic E-state index is 14.1. The zero-order chi connectivity index (χ0) is 16.4. The summed E-state index contributed by atoms with van der Waals surface area (Å²) in [4.78, 5) is 22.8. The Morgan fingerprint density at radius 3 is 3.09 bits per heavy atom. The van der Waals surface area contributed by atoms with E-state index in [4.69, 9.17) is 16.3 Å². The van der Waals surface area contributed by atoms with Gasteiger partial charge in [0.05, 0.1) is 29.7 Å². The molecule has 8 nitrogen and oxygen atoms in total. The zero-order valence-electron chi connectivity index (χ0n) is 11.7. The average molecular weight is 343 g/mol. The molecule has 23 heavy (non-hydrogen) atoms. The Hall–Kier alpha value is -1.81. The Bertz CT molecular complexity index is 858. The maximum Gasteiger partial charge on any atom is 0.347 e. The third-order valence-corrected chi connectivity index (χ3v) is 4.34.